The Morgan fingerprint density at radius 3 is 0.600 bits per heavy atom. The Balaban J connectivity index is 0. The predicted molar refractivity (Wildman–Crippen MR) is 318 cm³/mol. The Morgan fingerprint density at radius 1 is 0.214 bits per heavy atom. The zero-order chi connectivity index (χ0) is 51.4. The van der Waals surface area contributed by atoms with Crippen molar-refractivity contribution in [2.45, 2.75) is 349 Å². The molecule has 0 atom stereocenters. The molecule has 0 heterocycles. The Kier molecular flexibility index (Phi) is 64.4. The van der Waals surface area contributed by atoms with Crippen molar-refractivity contribution in [3.8, 4) is 0 Å². The average molecular weight is 1050 g/mol. The normalized spacial score (nSPS) is 12.0. The average Bonchev–Trinajstić information content (AvgIpc) is 3.36. The lowest BCUT2D eigenvalue weighted by molar-refractivity contribution is 0.0601. The molecule has 0 radical (unpaired) electrons. The van der Waals surface area contributed by atoms with Crippen LogP contribution in [0.25, 0.3) is 0 Å². The van der Waals surface area contributed by atoms with Crippen LogP contribution < -0.4 is 0 Å². The van der Waals surface area contributed by atoms with Crippen molar-refractivity contribution in [3.05, 3.63) is 0 Å². The topological polar surface area (TPSA) is 55.4 Å². The van der Waals surface area contributed by atoms with Gasteiger partial charge in [-0.25, -0.2) is 0 Å². The molecule has 0 aromatic rings. The van der Waals surface area contributed by atoms with Crippen LogP contribution in [-0.4, -0.2) is 63.0 Å². The van der Waals surface area contributed by atoms with E-state index in [1.807, 2.05) is 13.8 Å². The molecule has 0 aliphatic heterocycles. The van der Waals surface area contributed by atoms with Crippen molar-refractivity contribution in [2.75, 3.05) is 45.4 Å². The predicted octanol–water partition coefficient (Wildman–Crippen LogP) is 21.6. The summed E-state index contributed by atoms with van der Waals surface area (Å²) in [7, 11) is -5.00. The van der Waals surface area contributed by atoms with Gasteiger partial charge in [-0.2, -0.15) is 12.6 Å². The maximum absolute atomic E-state index is 6.46. The minimum atomic E-state index is -2.58. The first-order valence-electron chi connectivity index (χ1n) is 31.9. The third kappa shape index (κ3) is 53.4. The monoisotopic (exact) mass is 1050 g/mol. The van der Waals surface area contributed by atoms with E-state index in [1.54, 1.807) is 0 Å². The molecule has 0 aromatic heterocycles. The molecule has 70 heavy (non-hydrogen) atoms. The van der Waals surface area contributed by atoms with Crippen molar-refractivity contribution >= 4 is 30.2 Å². The van der Waals surface area contributed by atoms with E-state index in [2.05, 4.69) is 47.2 Å². The molecule has 0 rings (SSSR count). The van der Waals surface area contributed by atoms with Crippen molar-refractivity contribution < 1.29 is 26.6 Å². The minimum absolute atomic E-state index is 0.677. The molecule has 0 aromatic carbocycles. The van der Waals surface area contributed by atoms with Gasteiger partial charge in [0.15, 0.2) is 0 Å². The maximum Gasteiger partial charge on any atom is 0.500 e. The van der Waals surface area contributed by atoms with Crippen molar-refractivity contribution in [2.24, 2.45) is 0 Å². The molecule has 0 saturated heterocycles. The quantitative estimate of drug-likeness (QED) is 0.0372. The molecule has 9 heteroatoms. The molecule has 0 fully saturated rings. The van der Waals surface area contributed by atoms with Crippen LogP contribution in [0.1, 0.15) is 337 Å². The van der Waals surface area contributed by atoms with E-state index in [4.69, 9.17) is 26.6 Å². The van der Waals surface area contributed by atoms with Crippen molar-refractivity contribution in [3.63, 3.8) is 0 Å². The molecule has 0 aliphatic rings. The fraction of sp³-hybridized carbons (Fsp3) is 1.00. The highest BCUT2D eigenvalue weighted by Gasteiger charge is 2.40. The third-order valence-electron chi connectivity index (χ3n) is 14.0. The maximum atomic E-state index is 6.46. The molecule has 0 N–H and O–H groups in total. The molecule has 0 bridgehead atoms. The first kappa shape index (κ1) is 72.6. The first-order chi connectivity index (χ1) is 34.5. The van der Waals surface area contributed by atoms with Crippen LogP contribution in [0.2, 0.25) is 12.1 Å². The molecule has 0 amide bonds. The molecule has 424 valence electrons. The van der Waals surface area contributed by atoms with Crippen molar-refractivity contribution in [1.82, 2.24) is 0 Å². The highest BCUT2D eigenvalue weighted by Crippen LogP contribution is 2.23. The molecule has 0 spiro atoms. The number of unbranched alkanes of at least 4 members (excludes halogenated alkanes) is 40. The van der Waals surface area contributed by atoms with E-state index in [0.29, 0.717) is 19.8 Å². The van der Waals surface area contributed by atoms with Crippen LogP contribution in [0.15, 0.2) is 0 Å². The summed E-state index contributed by atoms with van der Waals surface area (Å²) >= 11 is 4.46. The second-order valence-electron chi connectivity index (χ2n) is 20.9. The van der Waals surface area contributed by atoms with E-state index >= 15 is 0 Å². The van der Waals surface area contributed by atoms with Gasteiger partial charge in [-0.1, -0.05) is 285 Å². The summed E-state index contributed by atoms with van der Waals surface area (Å²) in [6, 6.07) is 1.87. The Bertz CT molecular complexity index is 894. The van der Waals surface area contributed by atoms with Crippen LogP contribution in [0.5, 0.6) is 0 Å². The third-order valence-corrected chi connectivity index (χ3v) is 20.4. The molecule has 6 nitrogen and oxygen atoms in total. The molecule has 0 saturated carbocycles. The lowest BCUT2D eigenvalue weighted by Crippen LogP contribution is -2.46. The second-order valence-corrected chi connectivity index (χ2v) is 26.8. The van der Waals surface area contributed by atoms with Crippen molar-refractivity contribution in [1.29, 1.82) is 0 Å². The Labute approximate surface area is 449 Å². The van der Waals surface area contributed by atoms with Crippen LogP contribution >= 0.6 is 12.6 Å². The number of hydrogen-bond acceptors (Lipinski definition) is 7. The van der Waals surface area contributed by atoms with Gasteiger partial charge in [0.05, 0.1) is 0 Å². The zero-order valence-electron chi connectivity index (χ0n) is 49.1. The summed E-state index contributed by atoms with van der Waals surface area (Å²) in [6.45, 7) is 19.7. The summed E-state index contributed by atoms with van der Waals surface area (Å²) in [5.41, 5.74) is 0. The minimum Gasteiger partial charge on any atom is -0.374 e. The van der Waals surface area contributed by atoms with Crippen LogP contribution in [0.4, 0.5) is 0 Å². The highest BCUT2D eigenvalue weighted by atomic mass is 32.1. The number of rotatable bonds is 60. The van der Waals surface area contributed by atoms with Gasteiger partial charge >= 0.3 is 17.6 Å². The Hall–Kier alpha value is 0.544. The van der Waals surface area contributed by atoms with Gasteiger partial charge in [0.1, 0.15) is 0 Å². The van der Waals surface area contributed by atoms with E-state index in [1.165, 1.54) is 250 Å². The lowest BCUT2D eigenvalue weighted by atomic mass is 10.0. The number of hydrogen-bond donors (Lipinski definition) is 1. The van der Waals surface area contributed by atoms with Crippen LogP contribution in [0.3, 0.4) is 0 Å². The van der Waals surface area contributed by atoms with E-state index < -0.39 is 17.6 Å². The SMILES string of the molecule is CCCCCCCCCCCCCCCCO[Si](CCCC)(OCC)OCC.CCCCCCCCCCCCCCCCO[Si](CCCS)(OCC)OCCCCCCCCCCCCCCCC. The van der Waals surface area contributed by atoms with E-state index in [-0.39, 0.29) is 0 Å². The van der Waals surface area contributed by atoms with Gasteiger partial charge in [0, 0.05) is 51.7 Å². The first-order valence-corrected chi connectivity index (χ1v) is 36.4. The van der Waals surface area contributed by atoms with Gasteiger partial charge < -0.3 is 26.6 Å². The smallest absolute Gasteiger partial charge is 0.374 e. The molecule has 0 aliphatic carbocycles. The highest BCUT2D eigenvalue weighted by molar-refractivity contribution is 7.80. The Morgan fingerprint density at radius 2 is 0.400 bits per heavy atom. The summed E-state index contributed by atoms with van der Waals surface area (Å²) in [6.07, 6.45) is 61.4. The summed E-state index contributed by atoms with van der Waals surface area (Å²) < 4.78 is 37.3. The van der Waals surface area contributed by atoms with Crippen LogP contribution in [-0.2, 0) is 26.6 Å². The summed E-state index contributed by atoms with van der Waals surface area (Å²) in [5.74, 6) is 0.867. The van der Waals surface area contributed by atoms with Gasteiger partial charge in [-0.05, 0) is 58.6 Å². The van der Waals surface area contributed by atoms with Crippen LogP contribution in [0, 0.1) is 0 Å². The number of thiol groups is 1. The fourth-order valence-corrected chi connectivity index (χ4v) is 15.5. The van der Waals surface area contributed by atoms with E-state index in [9.17, 15) is 0 Å². The lowest BCUT2D eigenvalue weighted by Gasteiger charge is -2.29. The van der Waals surface area contributed by atoms with E-state index in [0.717, 1.165) is 76.2 Å². The van der Waals surface area contributed by atoms with Gasteiger partial charge in [0.2, 0.25) is 0 Å². The zero-order valence-corrected chi connectivity index (χ0v) is 52.0. The van der Waals surface area contributed by atoms with Gasteiger partial charge in [0.25, 0.3) is 0 Å². The largest absolute Gasteiger partial charge is 0.500 e. The second kappa shape index (κ2) is 62.1. The standard InChI is InChI=1S/C37H78O3SSi.C24H52O3Si/c1-4-7-9-11-13-15-17-19-21-23-25-27-29-31-34-39-42(38-6-3,37-33-36-41)40-35-32-30-28-26-24-22-20-18-16-14-12-10-8-5-2;1-5-9-11-12-13-14-15-16-17-18-19-20-21-22-23-27-28(25-7-3,26-8-4)24-10-6-2/h41H,4-37H2,1-3H3;5-24H2,1-4H3. The fourth-order valence-electron chi connectivity index (χ4n) is 9.60. The van der Waals surface area contributed by atoms with Gasteiger partial charge in [-0.3, -0.25) is 0 Å². The van der Waals surface area contributed by atoms with Gasteiger partial charge in [-0.15, -0.1) is 0 Å². The summed E-state index contributed by atoms with van der Waals surface area (Å²) in [4.78, 5) is 0. The molecule has 0 unspecified atom stereocenters. The molecular formula is C61H130O6SSi2. The molecular weight excluding hydrogens is 917 g/mol. The summed E-state index contributed by atoms with van der Waals surface area (Å²) in [5, 5.41) is 0.